The van der Waals surface area contributed by atoms with E-state index in [2.05, 4.69) is 16.0 Å². The first-order valence-electron chi connectivity index (χ1n) is 11.6. The average Bonchev–Trinajstić information content (AvgIpc) is 2.91. The zero-order valence-electron chi connectivity index (χ0n) is 19.8. The fourth-order valence-electron chi connectivity index (χ4n) is 3.84. The maximum atomic E-state index is 12.8. The highest BCUT2D eigenvalue weighted by atomic mass is 16.5. The summed E-state index contributed by atoms with van der Waals surface area (Å²) in [4.78, 5) is 33.9. The minimum Gasteiger partial charge on any atom is -0.462 e. The molecule has 0 atom stereocenters. The van der Waals surface area contributed by atoms with Gasteiger partial charge in [-0.3, -0.25) is 14.8 Å². The largest absolute Gasteiger partial charge is 0.462 e. The maximum absolute atomic E-state index is 12.8. The lowest BCUT2D eigenvalue weighted by atomic mass is 10.0. The molecule has 7 nitrogen and oxygen atoms in total. The quantitative estimate of drug-likeness (QED) is 0.354. The SMILES string of the molecule is CCOC(=O)c1cn(CC)c2cc(-c3ccncc3)ccc2c1=NCC(=O)OCc1ccccc1. The Hall–Kier alpha value is -4.26. The van der Waals surface area contributed by atoms with Crippen molar-refractivity contribution in [1.29, 1.82) is 0 Å². The van der Waals surface area contributed by atoms with E-state index in [-0.39, 0.29) is 19.8 Å². The minimum absolute atomic E-state index is 0.167. The molecule has 0 bridgehead atoms. The van der Waals surface area contributed by atoms with Crippen LogP contribution in [0.5, 0.6) is 0 Å². The van der Waals surface area contributed by atoms with Crippen molar-refractivity contribution >= 4 is 22.8 Å². The molecule has 0 N–H and O–H groups in total. The summed E-state index contributed by atoms with van der Waals surface area (Å²) in [6.45, 7) is 4.60. The molecule has 0 aliphatic rings. The molecule has 4 rings (SSSR count). The number of benzene rings is 2. The van der Waals surface area contributed by atoms with E-state index in [1.165, 1.54) is 0 Å². The average molecular weight is 470 g/mol. The van der Waals surface area contributed by atoms with Crippen LogP contribution in [0.4, 0.5) is 0 Å². The van der Waals surface area contributed by atoms with Crippen LogP contribution in [0.25, 0.3) is 22.0 Å². The van der Waals surface area contributed by atoms with Crippen LogP contribution in [-0.2, 0) is 27.4 Å². The van der Waals surface area contributed by atoms with Gasteiger partial charge in [0, 0.05) is 30.5 Å². The third-order valence-electron chi connectivity index (χ3n) is 5.56. The van der Waals surface area contributed by atoms with Crippen LogP contribution in [0, 0.1) is 0 Å². The van der Waals surface area contributed by atoms with Crippen molar-refractivity contribution in [2.45, 2.75) is 27.0 Å². The molecule has 2 aromatic carbocycles. The number of aryl methyl sites for hydroxylation is 1. The van der Waals surface area contributed by atoms with E-state index < -0.39 is 11.9 Å². The van der Waals surface area contributed by atoms with Gasteiger partial charge in [0.2, 0.25) is 0 Å². The summed E-state index contributed by atoms with van der Waals surface area (Å²) in [5.41, 5.74) is 4.15. The Morgan fingerprint density at radius 3 is 2.43 bits per heavy atom. The van der Waals surface area contributed by atoms with E-state index in [1.807, 2.05) is 66.1 Å². The standard InChI is InChI=1S/C28H27N3O4/c1-3-31-18-24(28(33)34-4-2)27(30-17-26(32)35-19-20-8-6-5-7-9-20)23-11-10-22(16-25(23)31)21-12-14-29-15-13-21/h5-16,18H,3-4,17,19H2,1-2H3. The van der Waals surface area contributed by atoms with Crippen molar-refractivity contribution in [1.82, 2.24) is 9.55 Å². The second-order valence-corrected chi connectivity index (χ2v) is 7.83. The van der Waals surface area contributed by atoms with Crippen LogP contribution in [0.1, 0.15) is 29.8 Å². The molecule has 178 valence electrons. The molecule has 0 aliphatic heterocycles. The van der Waals surface area contributed by atoms with Gasteiger partial charge < -0.3 is 14.0 Å². The number of hydrogen-bond acceptors (Lipinski definition) is 6. The summed E-state index contributed by atoms with van der Waals surface area (Å²) in [5, 5.41) is 1.17. The molecule has 0 saturated heterocycles. The highest BCUT2D eigenvalue weighted by molar-refractivity contribution is 5.94. The number of nitrogens with zero attached hydrogens (tertiary/aromatic N) is 3. The van der Waals surface area contributed by atoms with Crippen LogP contribution in [-0.4, -0.2) is 34.6 Å². The Morgan fingerprint density at radius 2 is 1.71 bits per heavy atom. The van der Waals surface area contributed by atoms with Crippen molar-refractivity contribution < 1.29 is 19.1 Å². The third-order valence-corrected chi connectivity index (χ3v) is 5.56. The Balaban J connectivity index is 1.75. The van der Waals surface area contributed by atoms with Gasteiger partial charge in [-0.15, -0.1) is 0 Å². The van der Waals surface area contributed by atoms with E-state index in [0.717, 1.165) is 27.6 Å². The van der Waals surface area contributed by atoms with Gasteiger partial charge in [-0.25, -0.2) is 4.79 Å². The number of carbonyl (C=O) groups excluding carboxylic acids is 2. The number of aromatic nitrogens is 2. The van der Waals surface area contributed by atoms with Gasteiger partial charge in [0.1, 0.15) is 18.7 Å². The molecule has 0 saturated carbocycles. The third kappa shape index (κ3) is 5.63. The lowest BCUT2D eigenvalue weighted by Gasteiger charge is -2.14. The number of ether oxygens (including phenoxy) is 2. The molecule has 0 unspecified atom stereocenters. The number of rotatable bonds is 8. The van der Waals surface area contributed by atoms with Gasteiger partial charge >= 0.3 is 11.9 Å². The molecular formula is C28H27N3O4. The van der Waals surface area contributed by atoms with E-state index in [1.54, 1.807) is 25.5 Å². The minimum atomic E-state index is -0.480. The number of esters is 2. The molecule has 4 aromatic rings. The number of carbonyl (C=O) groups is 2. The number of fused-ring (bicyclic) bond motifs is 1. The van der Waals surface area contributed by atoms with Gasteiger partial charge in [-0.05, 0) is 48.7 Å². The Labute approximate surface area is 203 Å². The molecule has 2 heterocycles. The molecule has 35 heavy (non-hydrogen) atoms. The van der Waals surface area contributed by atoms with Gasteiger partial charge in [0.15, 0.2) is 0 Å². The summed E-state index contributed by atoms with van der Waals surface area (Å²) < 4.78 is 12.6. The molecule has 0 radical (unpaired) electrons. The second-order valence-electron chi connectivity index (χ2n) is 7.83. The van der Waals surface area contributed by atoms with Gasteiger partial charge in [-0.1, -0.05) is 42.5 Å². The molecule has 0 spiro atoms. The Kier molecular flexibility index (Phi) is 7.67. The van der Waals surface area contributed by atoms with E-state index in [9.17, 15) is 9.59 Å². The van der Waals surface area contributed by atoms with Gasteiger partial charge in [0.05, 0.1) is 17.5 Å². The number of hydrogen-bond donors (Lipinski definition) is 0. The van der Waals surface area contributed by atoms with Crippen LogP contribution < -0.4 is 5.36 Å². The second kappa shape index (κ2) is 11.2. The lowest BCUT2D eigenvalue weighted by molar-refractivity contribution is -0.143. The molecule has 7 heteroatoms. The van der Waals surface area contributed by atoms with Gasteiger partial charge in [0.25, 0.3) is 0 Å². The van der Waals surface area contributed by atoms with Crippen LogP contribution >= 0.6 is 0 Å². The first kappa shape index (κ1) is 23.9. The number of pyridine rings is 2. The van der Waals surface area contributed by atoms with Crippen LogP contribution in [0.15, 0.2) is 84.2 Å². The molecule has 0 amide bonds. The zero-order chi connectivity index (χ0) is 24.6. The van der Waals surface area contributed by atoms with E-state index >= 15 is 0 Å². The van der Waals surface area contributed by atoms with Gasteiger partial charge in [-0.2, -0.15) is 0 Å². The maximum Gasteiger partial charge on any atom is 0.341 e. The lowest BCUT2D eigenvalue weighted by Crippen LogP contribution is -2.23. The first-order chi connectivity index (χ1) is 17.1. The Morgan fingerprint density at radius 1 is 0.943 bits per heavy atom. The Bertz CT molecular complexity index is 1400. The van der Waals surface area contributed by atoms with E-state index in [0.29, 0.717) is 17.5 Å². The fraction of sp³-hybridized carbons (Fsp3) is 0.214. The summed E-state index contributed by atoms with van der Waals surface area (Å²) in [6, 6.07) is 19.3. The summed E-state index contributed by atoms with van der Waals surface area (Å²) in [7, 11) is 0. The summed E-state index contributed by atoms with van der Waals surface area (Å²) in [5.74, 6) is -0.955. The van der Waals surface area contributed by atoms with Crippen molar-refractivity contribution in [2.24, 2.45) is 4.99 Å². The smallest absolute Gasteiger partial charge is 0.341 e. The highest BCUT2D eigenvalue weighted by Crippen LogP contribution is 2.23. The van der Waals surface area contributed by atoms with E-state index in [4.69, 9.17) is 9.47 Å². The van der Waals surface area contributed by atoms with Crippen molar-refractivity contribution in [3.8, 4) is 11.1 Å². The summed E-state index contributed by atoms with van der Waals surface area (Å²) in [6.07, 6.45) is 5.24. The normalized spacial score (nSPS) is 11.4. The summed E-state index contributed by atoms with van der Waals surface area (Å²) >= 11 is 0. The molecule has 2 aromatic heterocycles. The zero-order valence-corrected chi connectivity index (χ0v) is 19.8. The molecular weight excluding hydrogens is 442 g/mol. The van der Waals surface area contributed by atoms with Crippen LogP contribution in [0.2, 0.25) is 0 Å². The fourth-order valence-corrected chi connectivity index (χ4v) is 3.84. The predicted molar refractivity (Wildman–Crippen MR) is 133 cm³/mol. The van der Waals surface area contributed by atoms with Crippen molar-refractivity contribution in [3.63, 3.8) is 0 Å². The van der Waals surface area contributed by atoms with Crippen molar-refractivity contribution in [2.75, 3.05) is 13.2 Å². The van der Waals surface area contributed by atoms with Crippen molar-refractivity contribution in [3.05, 3.63) is 95.7 Å². The predicted octanol–water partition coefficient (Wildman–Crippen LogP) is 4.54. The monoisotopic (exact) mass is 469 g/mol. The molecule has 0 fully saturated rings. The van der Waals surface area contributed by atoms with Crippen LogP contribution in [0.3, 0.4) is 0 Å². The highest BCUT2D eigenvalue weighted by Gasteiger charge is 2.16. The molecule has 0 aliphatic carbocycles. The topological polar surface area (TPSA) is 82.8 Å². The first-order valence-corrected chi connectivity index (χ1v) is 11.6.